The van der Waals surface area contributed by atoms with E-state index in [2.05, 4.69) is 0 Å². The van der Waals surface area contributed by atoms with Crippen molar-refractivity contribution in [3.8, 4) is 0 Å². The Balaban J connectivity index is 1.92. The number of hydrogen-bond acceptors (Lipinski definition) is 5. The first-order valence-electron chi connectivity index (χ1n) is 9.24. The molecule has 26 heavy (non-hydrogen) atoms. The fourth-order valence-electron chi connectivity index (χ4n) is 3.88. The summed E-state index contributed by atoms with van der Waals surface area (Å²) in [5.74, 6) is -0.567. The third-order valence-electron chi connectivity index (χ3n) is 5.22. The molecule has 1 heterocycles. The zero-order chi connectivity index (χ0) is 19.3. The Morgan fingerprint density at radius 1 is 1.31 bits per heavy atom. The zero-order valence-electron chi connectivity index (χ0n) is 15.6. The van der Waals surface area contributed by atoms with Gasteiger partial charge in [-0.25, -0.2) is 8.42 Å². The van der Waals surface area contributed by atoms with Crippen LogP contribution >= 0.6 is 0 Å². The highest BCUT2D eigenvalue weighted by molar-refractivity contribution is 7.88. The van der Waals surface area contributed by atoms with E-state index in [1.807, 2.05) is 6.92 Å². The summed E-state index contributed by atoms with van der Waals surface area (Å²) in [5, 5.41) is 8.91. The molecule has 0 spiro atoms. The number of carboxylic acids is 1. The van der Waals surface area contributed by atoms with Gasteiger partial charge in [-0.2, -0.15) is 4.31 Å². The highest BCUT2D eigenvalue weighted by Gasteiger charge is 2.32. The number of rotatable bonds is 8. The minimum Gasteiger partial charge on any atom is -0.480 e. The lowest BCUT2D eigenvalue weighted by Crippen LogP contribution is -2.52. The molecular weight excluding hydrogens is 360 g/mol. The minimum atomic E-state index is -3.66. The molecule has 150 valence electrons. The second kappa shape index (κ2) is 9.14. The number of aliphatic carboxylic acids is 1. The molecule has 1 aliphatic carbocycles. The Bertz CT molecular complexity index is 602. The summed E-state index contributed by atoms with van der Waals surface area (Å²) in [5.41, 5.74) is 0. The van der Waals surface area contributed by atoms with Crippen LogP contribution in [0.4, 0.5) is 0 Å². The highest BCUT2D eigenvalue weighted by atomic mass is 32.2. The average Bonchev–Trinajstić information content (AvgIpc) is 3.05. The van der Waals surface area contributed by atoms with Gasteiger partial charge in [-0.05, 0) is 12.3 Å². The van der Waals surface area contributed by atoms with E-state index < -0.39 is 28.6 Å². The highest BCUT2D eigenvalue weighted by Crippen LogP contribution is 2.31. The Morgan fingerprint density at radius 3 is 2.54 bits per heavy atom. The SMILES string of the molecule is CC(CC1CCCC1)C(=O)N1CCOC(CN(CC(=O)O)S(C)(=O)=O)C1. The molecule has 1 aliphatic heterocycles. The number of sulfonamides is 1. The number of nitrogens with zero attached hydrogens (tertiary/aromatic N) is 2. The second-order valence-corrected chi connectivity index (χ2v) is 9.50. The van der Waals surface area contributed by atoms with Crippen molar-refractivity contribution in [2.24, 2.45) is 11.8 Å². The van der Waals surface area contributed by atoms with E-state index in [1.54, 1.807) is 4.90 Å². The summed E-state index contributed by atoms with van der Waals surface area (Å²) in [4.78, 5) is 25.4. The van der Waals surface area contributed by atoms with E-state index in [0.717, 1.165) is 17.0 Å². The number of carbonyl (C=O) groups is 2. The lowest BCUT2D eigenvalue weighted by atomic mass is 9.93. The van der Waals surface area contributed by atoms with Crippen molar-refractivity contribution in [1.29, 1.82) is 0 Å². The Morgan fingerprint density at radius 2 is 1.96 bits per heavy atom. The smallest absolute Gasteiger partial charge is 0.318 e. The molecule has 2 rings (SSSR count). The van der Waals surface area contributed by atoms with Crippen molar-refractivity contribution >= 4 is 21.9 Å². The van der Waals surface area contributed by atoms with Crippen molar-refractivity contribution < 1.29 is 27.9 Å². The fourth-order valence-corrected chi connectivity index (χ4v) is 4.67. The summed E-state index contributed by atoms with van der Waals surface area (Å²) in [6, 6.07) is 0. The maximum atomic E-state index is 12.7. The molecule has 2 unspecified atom stereocenters. The molecule has 2 fully saturated rings. The van der Waals surface area contributed by atoms with Gasteiger partial charge in [0.2, 0.25) is 15.9 Å². The molecule has 1 saturated heterocycles. The lowest BCUT2D eigenvalue weighted by molar-refractivity contribution is -0.144. The van der Waals surface area contributed by atoms with E-state index in [1.165, 1.54) is 25.7 Å². The van der Waals surface area contributed by atoms with Gasteiger partial charge in [-0.1, -0.05) is 32.6 Å². The van der Waals surface area contributed by atoms with Crippen LogP contribution in [0.2, 0.25) is 0 Å². The van der Waals surface area contributed by atoms with E-state index >= 15 is 0 Å². The maximum Gasteiger partial charge on any atom is 0.318 e. The topological polar surface area (TPSA) is 104 Å². The molecule has 1 saturated carbocycles. The van der Waals surface area contributed by atoms with Crippen LogP contribution in [0.25, 0.3) is 0 Å². The van der Waals surface area contributed by atoms with E-state index in [-0.39, 0.29) is 18.4 Å². The largest absolute Gasteiger partial charge is 0.480 e. The van der Waals surface area contributed by atoms with Crippen LogP contribution in [0, 0.1) is 11.8 Å². The van der Waals surface area contributed by atoms with Crippen molar-refractivity contribution in [1.82, 2.24) is 9.21 Å². The van der Waals surface area contributed by atoms with Gasteiger partial charge < -0.3 is 14.7 Å². The fraction of sp³-hybridized carbons (Fsp3) is 0.882. The lowest BCUT2D eigenvalue weighted by Gasteiger charge is -2.36. The summed E-state index contributed by atoms with van der Waals surface area (Å²) in [6.45, 7) is 2.40. The van der Waals surface area contributed by atoms with Crippen LogP contribution in [0.5, 0.6) is 0 Å². The molecule has 0 radical (unpaired) electrons. The van der Waals surface area contributed by atoms with Gasteiger partial charge in [0.05, 0.1) is 19.0 Å². The predicted molar refractivity (Wildman–Crippen MR) is 96.1 cm³/mol. The maximum absolute atomic E-state index is 12.7. The Kier molecular flexibility index (Phi) is 7.42. The van der Waals surface area contributed by atoms with Crippen molar-refractivity contribution in [2.75, 3.05) is 39.0 Å². The summed E-state index contributed by atoms with van der Waals surface area (Å²) >= 11 is 0. The number of amides is 1. The molecule has 1 N–H and O–H groups in total. The van der Waals surface area contributed by atoms with Gasteiger partial charge in [0.25, 0.3) is 0 Å². The van der Waals surface area contributed by atoms with Gasteiger partial charge in [0.1, 0.15) is 6.54 Å². The van der Waals surface area contributed by atoms with E-state index in [0.29, 0.717) is 25.6 Å². The number of carbonyl (C=O) groups excluding carboxylic acids is 1. The summed E-state index contributed by atoms with van der Waals surface area (Å²) in [7, 11) is -3.66. The van der Waals surface area contributed by atoms with E-state index in [4.69, 9.17) is 9.84 Å². The third-order valence-corrected chi connectivity index (χ3v) is 6.44. The number of morpholine rings is 1. The second-order valence-electron chi connectivity index (χ2n) is 7.51. The molecule has 0 aromatic heterocycles. The van der Waals surface area contributed by atoms with Gasteiger partial charge >= 0.3 is 5.97 Å². The molecule has 2 aliphatic rings. The summed E-state index contributed by atoms with van der Waals surface area (Å²) in [6.07, 6.45) is 6.25. The van der Waals surface area contributed by atoms with Crippen LogP contribution in [-0.2, 0) is 24.3 Å². The van der Waals surface area contributed by atoms with Crippen molar-refractivity contribution in [3.05, 3.63) is 0 Å². The van der Waals surface area contributed by atoms with Gasteiger partial charge in [-0.15, -0.1) is 0 Å². The van der Waals surface area contributed by atoms with Gasteiger partial charge in [-0.3, -0.25) is 9.59 Å². The number of hydrogen-bond donors (Lipinski definition) is 1. The Hall–Kier alpha value is -1.19. The van der Waals surface area contributed by atoms with Crippen molar-refractivity contribution in [2.45, 2.75) is 45.1 Å². The number of ether oxygens (including phenoxy) is 1. The normalized spacial score (nSPS) is 23.3. The van der Waals surface area contributed by atoms with Gasteiger partial charge in [0.15, 0.2) is 0 Å². The minimum absolute atomic E-state index is 0.0538. The van der Waals surface area contributed by atoms with Crippen LogP contribution in [0.3, 0.4) is 0 Å². The monoisotopic (exact) mass is 390 g/mol. The zero-order valence-corrected chi connectivity index (χ0v) is 16.4. The molecular formula is C17H30N2O6S. The van der Waals surface area contributed by atoms with Crippen molar-refractivity contribution in [3.63, 3.8) is 0 Å². The molecule has 8 nitrogen and oxygen atoms in total. The number of carboxylic acid groups (broad SMARTS) is 1. The average molecular weight is 391 g/mol. The molecule has 0 aromatic carbocycles. The Labute approximate surface area is 155 Å². The molecule has 2 atom stereocenters. The van der Waals surface area contributed by atoms with Crippen LogP contribution in [0.1, 0.15) is 39.0 Å². The molecule has 0 bridgehead atoms. The first-order chi connectivity index (χ1) is 12.2. The molecule has 1 amide bonds. The predicted octanol–water partition coefficient (Wildman–Crippen LogP) is 0.776. The first-order valence-corrected chi connectivity index (χ1v) is 11.1. The quantitative estimate of drug-likeness (QED) is 0.657. The van der Waals surface area contributed by atoms with Gasteiger partial charge in [0, 0.05) is 25.6 Å². The standard InChI is InChI=1S/C17H30N2O6S/c1-13(9-14-5-3-4-6-14)17(22)18-7-8-25-15(10-18)11-19(12-16(20)21)26(2,23)24/h13-15H,3-12H2,1-2H3,(H,20,21). The van der Waals surface area contributed by atoms with Crippen LogP contribution in [-0.4, -0.2) is 79.8 Å². The molecule has 0 aromatic rings. The van der Waals surface area contributed by atoms with E-state index in [9.17, 15) is 18.0 Å². The summed E-state index contributed by atoms with van der Waals surface area (Å²) < 4.78 is 30.0. The van der Waals surface area contributed by atoms with Crippen LogP contribution < -0.4 is 0 Å². The first kappa shape index (κ1) is 21.1. The third kappa shape index (κ3) is 6.21. The molecule has 9 heteroatoms. The van der Waals surface area contributed by atoms with Crippen LogP contribution in [0.15, 0.2) is 0 Å².